The second-order valence-electron chi connectivity index (χ2n) is 7.11. The first-order valence-electron chi connectivity index (χ1n) is 9.46. The Balaban J connectivity index is 1.55. The van der Waals surface area contributed by atoms with Crippen LogP contribution in [0.25, 0.3) is 0 Å². The fraction of sp³-hybridized carbons (Fsp3) is 0.318. The van der Waals surface area contributed by atoms with E-state index in [2.05, 4.69) is 5.32 Å². The molecule has 0 unspecified atom stereocenters. The second kappa shape index (κ2) is 8.86. The van der Waals surface area contributed by atoms with Crippen LogP contribution in [0.4, 0.5) is 10.1 Å². The molecule has 29 heavy (non-hydrogen) atoms. The lowest BCUT2D eigenvalue weighted by Gasteiger charge is -2.25. The van der Waals surface area contributed by atoms with Crippen molar-refractivity contribution in [2.75, 3.05) is 11.9 Å². The SMILES string of the molecule is C[C@H](OC(=O)[C@H]1CC(=O)N([C@@H](C)c2ccccc2)C1)C(=O)Nc1ccc(F)cc1. The zero-order valence-corrected chi connectivity index (χ0v) is 16.3. The van der Waals surface area contributed by atoms with Crippen molar-refractivity contribution in [2.45, 2.75) is 32.4 Å². The highest BCUT2D eigenvalue weighted by Crippen LogP contribution is 2.29. The van der Waals surface area contributed by atoms with Gasteiger partial charge in [0.1, 0.15) is 5.82 Å². The van der Waals surface area contributed by atoms with Crippen molar-refractivity contribution < 1.29 is 23.5 Å². The number of likely N-dealkylation sites (tertiary alicyclic amines) is 1. The molecule has 3 atom stereocenters. The van der Waals surface area contributed by atoms with Gasteiger partial charge in [-0.2, -0.15) is 0 Å². The molecule has 152 valence electrons. The van der Waals surface area contributed by atoms with E-state index in [-0.39, 0.29) is 24.9 Å². The number of halogens is 1. The van der Waals surface area contributed by atoms with E-state index in [1.165, 1.54) is 31.2 Å². The number of nitrogens with zero attached hydrogens (tertiary/aromatic N) is 1. The van der Waals surface area contributed by atoms with E-state index in [4.69, 9.17) is 4.74 Å². The van der Waals surface area contributed by atoms with E-state index in [0.717, 1.165) is 5.56 Å². The van der Waals surface area contributed by atoms with Crippen LogP contribution in [0, 0.1) is 11.7 Å². The molecule has 0 bridgehead atoms. The topological polar surface area (TPSA) is 75.7 Å². The van der Waals surface area contributed by atoms with E-state index in [0.29, 0.717) is 5.69 Å². The maximum Gasteiger partial charge on any atom is 0.312 e. The minimum atomic E-state index is -1.04. The fourth-order valence-electron chi connectivity index (χ4n) is 3.28. The van der Waals surface area contributed by atoms with E-state index in [1.54, 1.807) is 4.90 Å². The summed E-state index contributed by atoms with van der Waals surface area (Å²) < 4.78 is 18.2. The predicted molar refractivity (Wildman–Crippen MR) is 105 cm³/mol. The molecule has 0 aromatic heterocycles. The smallest absolute Gasteiger partial charge is 0.312 e. The van der Waals surface area contributed by atoms with Crippen LogP contribution in [0.3, 0.4) is 0 Å². The maximum absolute atomic E-state index is 12.9. The Kier molecular flexibility index (Phi) is 6.26. The third kappa shape index (κ3) is 4.99. The first-order valence-corrected chi connectivity index (χ1v) is 9.46. The molecule has 1 aliphatic heterocycles. The van der Waals surface area contributed by atoms with Crippen LogP contribution >= 0.6 is 0 Å². The highest BCUT2D eigenvalue weighted by atomic mass is 19.1. The lowest BCUT2D eigenvalue weighted by Crippen LogP contribution is -2.33. The average Bonchev–Trinajstić information content (AvgIpc) is 3.11. The Hall–Kier alpha value is -3.22. The van der Waals surface area contributed by atoms with Gasteiger partial charge in [0.25, 0.3) is 5.91 Å². The Morgan fingerprint density at radius 1 is 1.10 bits per heavy atom. The number of amides is 2. The van der Waals surface area contributed by atoms with Crippen LogP contribution < -0.4 is 5.32 Å². The molecule has 1 heterocycles. The molecule has 1 saturated heterocycles. The Labute approximate surface area is 168 Å². The molecule has 0 radical (unpaired) electrons. The molecule has 1 N–H and O–H groups in total. The molecule has 1 fully saturated rings. The minimum absolute atomic E-state index is 0.0578. The monoisotopic (exact) mass is 398 g/mol. The Morgan fingerprint density at radius 2 is 1.76 bits per heavy atom. The van der Waals surface area contributed by atoms with Crippen molar-refractivity contribution >= 4 is 23.5 Å². The molecule has 0 saturated carbocycles. The highest BCUT2D eigenvalue weighted by Gasteiger charge is 2.38. The van der Waals surface area contributed by atoms with E-state index < -0.39 is 29.7 Å². The summed E-state index contributed by atoms with van der Waals surface area (Å²) in [6.45, 7) is 3.62. The van der Waals surface area contributed by atoms with Crippen molar-refractivity contribution in [3.05, 3.63) is 66.0 Å². The summed E-state index contributed by atoms with van der Waals surface area (Å²) in [5.74, 6) is -2.25. The van der Waals surface area contributed by atoms with Crippen LogP contribution in [-0.4, -0.2) is 35.3 Å². The van der Waals surface area contributed by atoms with E-state index in [1.807, 2.05) is 37.3 Å². The van der Waals surface area contributed by atoms with Gasteiger partial charge in [-0.05, 0) is 43.7 Å². The minimum Gasteiger partial charge on any atom is -0.452 e. The van der Waals surface area contributed by atoms with Gasteiger partial charge in [-0.25, -0.2) is 4.39 Å². The standard InChI is InChI=1S/C22H23FN2O4/c1-14(16-6-4-3-5-7-16)25-13-17(12-20(25)26)22(28)29-15(2)21(27)24-19-10-8-18(23)9-11-19/h3-11,14-15,17H,12-13H2,1-2H3,(H,24,27)/t14-,15-,17-/m0/s1. The van der Waals surface area contributed by atoms with Gasteiger partial charge in [0.2, 0.25) is 5.91 Å². The lowest BCUT2D eigenvalue weighted by molar-refractivity contribution is -0.157. The van der Waals surface area contributed by atoms with Crippen molar-refractivity contribution in [2.24, 2.45) is 5.92 Å². The third-order valence-corrected chi connectivity index (χ3v) is 5.02. The Bertz CT molecular complexity index is 885. The molecule has 6 nitrogen and oxygen atoms in total. The lowest BCUT2D eigenvalue weighted by atomic mass is 10.1. The first-order chi connectivity index (χ1) is 13.8. The summed E-state index contributed by atoms with van der Waals surface area (Å²) in [6.07, 6.45) is -0.981. The quantitative estimate of drug-likeness (QED) is 0.758. The summed E-state index contributed by atoms with van der Waals surface area (Å²) in [6, 6.07) is 14.7. The molecule has 3 rings (SSSR count). The van der Waals surface area contributed by atoms with Crippen LogP contribution in [0.2, 0.25) is 0 Å². The normalized spacial score (nSPS) is 18.2. The molecule has 7 heteroatoms. The predicted octanol–water partition coefficient (Wildman–Crippen LogP) is 3.31. The average molecular weight is 398 g/mol. The van der Waals surface area contributed by atoms with E-state index in [9.17, 15) is 18.8 Å². The van der Waals surface area contributed by atoms with Gasteiger partial charge in [0.15, 0.2) is 6.10 Å². The number of benzene rings is 2. The largest absolute Gasteiger partial charge is 0.452 e. The number of carbonyl (C=O) groups is 3. The zero-order chi connectivity index (χ0) is 21.0. The summed E-state index contributed by atoms with van der Waals surface area (Å²) in [7, 11) is 0. The van der Waals surface area contributed by atoms with Crippen molar-refractivity contribution in [1.82, 2.24) is 4.90 Å². The number of anilines is 1. The van der Waals surface area contributed by atoms with Crippen LogP contribution in [0.15, 0.2) is 54.6 Å². The number of esters is 1. The molecule has 2 aromatic carbocycles. The number of hydrogen-bond donors (Lipinski definition) is 1. The summed E-state index contributed by atoms with van der Waals surface area (Å²) in [5, 5.41) is 2.56. The molecular weight excluding hydrogens is 375 g/mol. The van der Waals surface area contributed by atoms with E-state index >= 15 is 0 Å². The number of nitrogens with one attached hydrogen (secondary N) is 1. The molecule has 0 aliphatic carbocycles. The van der Waals surface area contributed by atoms with Gasteiger partial charge in [0, 0.05) is 18.7 Å². The van der Waals surface area contributed by atoms with Crippen molar-refractivity contribution in [3.8, 4) is 0 Å². The van der Waals surface area contributed by atoms with Crippen molar-refractivity contribution in [1.29, 1.82) is 0 Å². The first kappa shape index (κ1) is 20.5. The molecule has 2 aromatic rings. The number of carbonyl (C=O) groups excluding carboxylic acids is 3. The third-order valence-electron chi connectivity index (χ3n) is 5.02. The van der Waals surface area contributed by atoms with Crippen LogP contribution in [0.1, 0.15) is 31.9 Å². The van der Waals surface area contributed by atoms with Gasteiger partial charge in [-0.15, -0.1) is 0 Å². The van der Waals surface area contributed by atoms with Gasteiger partial charge in [-0.1, -0.05) is 30.3 Å². The summed E-state index contributed by atoms with van der Waals surface area (Å²) in [5.41, 5.74) is 1.39. The zero-order valence-electron chi connectivity index (χ0n) is 16.3. The fourth-order valence-corrected chi connectivity index (χ4v) is 3.28. The molecule has 0 spiro atoms. The summed E-state index contributed by atoms with van der Waals surface area (Å²) in [4.78, 5) is 38.7. The number of rotatable bonds is 6. The molecule has 2 amide bonds. The highest BCUT2D eigenvalue weighted by molar-refractivity contribution is 5.95. The van der Waals surface area contributed by atoms with Gasteiger partial charge in [0.05, 0.1) is 12.0 Å². The number of hydrogen-bond acceptors (Lipinski definition) is 4. The Morgan fingerprint density at radius 3 is 2.41 bits per heavy atom. The van der Waals surface area contributed by atoms with Crippen LogP contribution in [0.5, 0.6) is 0 Å². The van der Waals surface area contributed by atoms with Gasteiger partial charge < -0.3 is 15.0 Å². The summed E-state index contributed by atoms with van der Waals surface area (Å²) >= 11 is 0. The second-order valence-corrected chi connectivity index (χ2v) is 7.11. The van der Waals surface area contributed by atoms with Gasteiger partial charge in [-0.3, -0.25) is 14.4 Å². The molecule has 1 aliphatic rings. The maximum atomic E-state index is 12.9. The number of ether oxygens (including phenoxy) is 1. The van der Waals surface area contributed by atoms with Crippen molar-refractivity contribution in [3.63, 3.8) is 0 Å². The van der Waals surface area contributed by atoms with Gasteiger partial charge >= 0.3 is 5.97 Å². The molecular formula is C22H23FN2O4. The van der Waals surface area contributed by atoms with Crippen LogP contribution in [-0.2, 0) is 19.1 Å².